The van der Waals surface area contributed by atoms with Crippen molar-refractivity contribution >= 4 is 33.7 Å². The van der Waals surface area contributed by atoms with Crippen LogP contribution in [-0.2, 0) is 19.6 Å². The molecule has 0 aromatic heterocycles. The van der Waals surface area contributed by atoms with E-state index in [2.05, 4.69) is 10.1 Å². The number of hydrogen-bond donors (Lipinski definition) is 1. The van der Waals surface area contributed by atoms with Crippen molar-refractivity contribution in [1.82, 2.24) is 4.31 Å². The summed E-state index contributed by atoms with van der Waals surface area (Å²) in [6.07, 6.45) is 5.57. The van der Waals surface area contributed by atoms with Crippen LogP contribution in [0.15, 0.2) is 53.4 Å². The maximum absolute atomic E-state index is 13.1. The minimum absolute atomic E-state index is 0.0297. The molecule has 0 saturated carbocycles. The summed E-state index contributed by atoms with van der Waals surface area (Å²) in [7, 11) is -1.01. The minimum Gasteiger partial charge on any atom is -0.495 e. The zero-order valence-electron chi connectivity index (χ0n) is 18.0. The summed E-state index contributed by atoms with van der Waals surface area (Å²) in [4.78, 5) is 23.9. The Morgan fingerprint density at radius 2 is 1.69 bits per heavy atom. The molecule has 2 aromatic carbocycles. The van der Waals surface area contributed by atoms with Crippen LogP contribution in [0, 0.1) is 0 Å². The highest BCUT2D eigenvalue weighted by atomic mass is 32.2. The van der Waals surface area contributed by atoms with Crippen LogP contribution >= 0.6 is 0 Å². The third-order valence-corrected chi connectivity index (χ3v) is 7.04. The number of nitrogens with zero attached hydrogens (tertiary/aromatic N) is 1. The average molecular weight is 459 g/mol. The number of methoxy groups -OCH3 is 2. The fraction of sp³-hybridized carbons (Fsp3) is 0.304. The molecule has 0 spiro atoms. The first-order chi connectivity index (χ1) is 15.3. The molecule has 2 aromatic rings. The van der Waals surface area contributed by atoms with Crippen molar-refractivity contribution in [3.63, 3.8) is 0 Å². The highest BCUT2D eigenvalue weighted by Crippen LogP contribution is 2.31. The topological polar surface area (TPSA) is 102 Å². The van der Waals surface area contributed by atoms with Gasteiger partial charge in [-0.1, -0.05) is 18.6 Å². The first kappa shape index (κ1) is 23.5. The van der Waals surface area contributed by atoms with Crippen molar-refractivity contribution in [2.45, 2.75) is 24.2 Å². The number of carbonyl (C=O) groups is 2. The summed E-state index contributed by atoms with van der Waals surface area (Å²) in [6.45, 7) is 0.944. The van der Waals surface area contributed by atoms with E-state index in [1.165, 1.54) is 36.7 Å². The van der Waals surface area contributed by atoms with E-state index in [4.69, 9.17) is 4.74 Å². The molecular weight excluding hydrogens is 432 g/mol. The molecule has 0 bridgehead atoms. The maximum atomic E-state index is 13.1. The highest BCUT2D eigenvalue weighted by Gasteiger charge is 2.29. The number of amides is 1. The summed E-state index contributed by atoms with van der Waals surface area (Å²) in [5.41, 5.74) is 1.47. The zero-order valence-corrected chi connectivity index (χ0v) is 18.9. The third-order valence-electron chi connectivity index (χ3n) is 5.12. The van der Waals surface area contributed by atoms with Gasteiger partial charge >= 0.3 is 5.97 Å². The minimum atomic E-state index is -3.73. The molecule has 3 rings (SSSR count). The summed E-state index contributed by atoms with van der Waals surface area (Å²) in [5, 5.41) is 2.68. The first-order valence-corrected chi connectivity index (χ1v) is 11.6. The van der Waals surface area contributed by atoms with E-state index in [1.807, 2.05) is 0 Å². The molecule has 32 heavy (non-hydrogen) atoms. The molecule has 170 valence electrons. The maximum Gasteiger partial charge on any atom is 0.337 e. The van der Waals surface area contributed by atoms with Crippen molar-refractivity contribution in [2.75, 3.05) is 32.6 Å². The summed E-state index contributed by atoms with van der Waals surface area (Å²) in [5.74, 6) is -0.628. The molecule has 0 aliphatic carbocycles. The van der Waals surface area contributed by atoms with E-state index < -0.39 is 21.9 Å². The van der Waals surface area contributed by atoms with Gasteiger partial charge in [0, 0.05) is 24.9 Å². The monoisotopic (exact) mass is 458 g/mol. The molecule has 8 nitrogen and oxygen atoms in total. The number of benzene rings is 2. The third kappa shape index (κ3) is 5.54. The summed E-state index contributed by atoms with van der Waals surface area (Å²) < 4.78 is 37.6. The van der Waals surface area contributed by atoms with Gasteiger partial charge in [0.2, 0.25) is 15.9 Å². The SMILES string of the molecule is COC(=O)c1ccc(C=CC(=O)Nc2ccc(OC)c(S(=O)(=O)N3CCCCC3)c2)cc1. The van der Waals surface area contributed by atoms with Crippen LogP contribution < -0.4 is 10.1 Å². The molecule has 0 atom stereocenters. The molecule has 1 saturated heterocycles. The smallest absolute Gasteiger partial charge is 0.337 e. The second kappa shape index (κ2) is 10.4. The summed E-state index contributed by atoms with van der Waals surface area (Å²) >= 11 is 0. The number of ether oxygens (including phenoxy) is 2. The zero-order chi connectivity index (χ0) is 23.1. The molecule has 9 heteroatoms. The van der Waals surface area contributed by atoms with Crippen LogP contribution in [0.25, 0.3) is 6.08 Å². The molecule has 1 amide bonds. The van der Waals surface area contributed by atoms with E-state index in [1.54, 1.807) is 36.4 Å². The Bertz CT molecular complexity index is 1100. The lowest BCUT2D eigenvalue weighted by Gasteiger charge is -2.26. The van der Waals surface area contributed by atoms with Crippen LogP contribution in [0.3, 0.4) is 0 Å². The normalized spacial score (nSPS) is 14.8. The fourth-order valence-electron chi connectivity index (χ4n) is 3.40. The highest BCUT2D eigenvalue weighted by molar-refractivity contribution is 7.89. The van der Waals surface area contributed by atoms with Crippen LogP contribution in [0.1, 0.15) is 35.2 Å². The second-order valence-corrected chi connectivity index (χ2v) is 9.17. The van der Waals surface area contributed by atoms with Crippen molar-refractivity contribution in [3.8, 4) is 5.75 Å². The Labute approximate surface area is 187 Å². The van der Waals surface area contributed by atoms with Gasteiger partial charge in [-0.3, -0.25) is 4.79 Å². The van der Waals surface area contributed by atoms with Gasteiger partial charge in [-0.15, -0.1) is 0 Å². The number of esters is 1. The quantitative estimate of drug-likeness (QED) is 0.505. The predicted octanol–water partition coefficient (Wildman–Crippen LogP) is 3.31. The molecule has 0 radical (unpaired) electrons. The van der Waals surface area contributed by atoms with Gasteiger partial charge in [0.25, 0.3) is 0 Å². The number of carbonyl (C=O) groups excluding carboxylic acids is 2. The predicted molar refractivity (Wildman–Crippen MR) is 121 cm³/mol. The molecule has 1 N–H and O–H groups in total. The van der Waals surface area contributed by atoms with Crippen molar-refractivity contribution in [1.29, 1.82) is 0 Å². The number of anilines is 1. The molecule has 0 unspecified atom stereocenters. The lowest BCUT2D eigenvalue weighted by molar-refractivity contribution is -0.111. The standard InChI is InChI=1S/C23H26N2O6S/c1-30-20-12-11-19(16-21(20)32(28,29)25-14-4-3-5-15-25)24-22(26)13-8-17-6-9-18(10-7-17)23(27)31-2/h6-13,16H,3-5,14-15H2,1-2H3,(H,24,26). The van der Waals surface area contributed by atoms with Crippen molar-refractivity contribution in [2.24, 2.45) is 0 Å². The van der Waals surface area contributed by atoms with Crippen LogP contribution in [0.4, 0.5) is 5.69 Å². The van der Waals surface area contributed by atoms with Crippen molar-refractivity contribution in [3.05, 3.63) is 59.7 Å². The Balaban J connectivity index is 1.74. The van der Waals surface area contributed by atoms with Gasteiger partial charge < -0.3 is 14.8 Å². The number of rotatable bonds is 7. The number of piperidine rings is 1. The molecular formula is C23H26N2O6S. The molecule has 1 heterocycles. The summed E-state index contributed by atoms with van der Waals surface area (Å²) in [6, 6.07) is 11.1. The number of nitrogens with one attached hydrogen (secondary N) is 1. The van der Waals surface area contributed by atoms with E-state index >= 15 is 0 Å². The van der Waals surface area contributed by atoms with E-state index in [-0.39, 0.29) is 10.6 Å². The number of sulfonamides is 1. The van der Waals surface area contributed by atoms with Gasteiger partial charge in [0.05, 0.1) is 19.8 Å². The molecule has 1 aliphatic rings. The van der Waals surface area contributed by atoms with E-state index in [0.717, 1.165) is 24.8 Å². The Morgan fingerprint density at radius 3 is 2.31 bits per heavy atom. The van der Waals surface area contributed by atoms with Gasteiger partial charge in [-0.2, -0.15) is 4.31 Å². The Kier molecular flexibility index (Phi) is 7.66. The molecule has 1 fully saturated rings. The van der Waals surface area contributed by atoms with Crippen molar-refractivity contribution < 1.29 is 27.5 Å². The lowest BCUT2D eigenvalue weighted by Crippen LogP contribution is -2.35. The van der Waals surface area contributed by atoms with Crippen LogP contribution in [0.5, 0.6) is 5.75 Å². The van der Waals surface area contributed by atoms with E-state index in [0.29, 0.717) is 24.3 Å². The Hall–Kier alpha value is -3.17. The van der Waals surface area contributed by atoms with Gasteiger partial charge in [-0.05, 0) is 54.8 Å². The largest absolute Gasteiger partial charge is 0.495 e. The first-order valence-electron chi connectivity index (χ1n) is 10.2. The van der Waals surface area contributed by atoms with Gasteiger partial charge in [0.1, 0.15) is 10.6 Å². The van der Waals surface area contributed by atoms with Gasteiger partial charge in [-0.25, -0.2) is 13.2 Å². The van der Waals surface area contributed by atoms with Gasteiger partial charge in [0.15, 0.2) is 0 Å². The second-order valence-electron chi connectivity index (χ2n) is 7.27. The Morgan fingerprint density at radius 1 is 1.00 bits per heavy atom. The molecule has 1 aliphatic heterocycles. The van der Waals surface area contributed by atoms with E-state index in [9.17, 15) is 18.0 Å². The van der Waals surface area contributed by atoms with Crippen LogP contribution in [-0.4, -0.2) is 51.9 Å². The number of hydrogen-bond acceptors (Lipinski definition) is 6. The average Bonchev–Trinajstić information content (AvgIpc) is 2.83. The van der Waals surface area contributed by atoms with Crippen LogP contribution in [0.2, 0.25) is 0 Å². The fourth-order valence-corrected chi connectivity index (χ4v) is 5.10. The lowest BCUT2D eigenvalue weighted by atomic mass is 10.1.